The number of nitro groups is 1. The van der Waals surface area contributed by atoms with Gasteiger partial charge in [-0.05, 0) is 19.1 Å². The Labute approximate surface area is 121 Å². The van der Waals surface area contributed by atoms with E-state index in [-0.39, 0.29) is 10.8 Å². The molecule has 1 saturated carbocycles. The summed E-state index contributed by atoms with van der Waals surface area (Å²) in [5, 5.41) is 13.3. The Morgan fingerprint density at radius 1 is 1.52 bits per heavy atom. The maximum Gasteiger partial charge on any atom is 0.230 e. The SMILES string of the molecule is Cc1nc2ccccc2n1CCNC(=O)[C@H]1C[C@H]1[N+](=O)[O-]. The molecule has 3 rings (SSSR count). The minimum Gasteiger partial charge on any atom is -0.354 e. The largest absolute Gasteiger partial charge is 0.354 e. The first-order chi connectivity index (χ1) is 10.1. The van der Waals surface area contributed by atoms with E-state index >= 15 is 0 Å². The lowest BCUT2D eigenvalue weighted by Gasteiger charge is -2.08. The van der Waals surface area contributed by atoms with Gasteiger partial charge in [0.05, 0.1) is 11.0 Å². The highest BCUT2D eigenvalue weighted by atomic mass is 16.6. The zero-order valence-corrected chi connectivity index (χ0v) is 11.7. The lowest BCUT2D eigenvalue weighted by atomic mass is 10.3. The first-order valence-corrected chi connectivity index (χ1v) is 6.91. The van der Waals surface area contributed by atoms with Gasteiger partial charge < -0.3 is 9.88 Å². The van der Waals surface area contributed by atoms with Crippen molar-refractivity contribution in [3.8, 4) is 0 Å². The van der Waals surface area contributed by atoms with Crippen molar-refractivity contribution in [2.45, 2.75) is 25.9 Å². The van der Waals surface area contributed by atoms with E-state index in [0.29, 0.717) is 19.5 Å². The topological polar surface area (TPSA) is 90.1 Å². The van der Waals surface area contributed by atoms with Gasteiger partial charge in [0.15, 0.2) is 0 Å². The van der Waals surface area contributed by atoms with Gasteiger partial charge in [-0.25, -0.2) is 4.98 Å². The number of amides is 1. The van der Waals surface area contributed by atoms with Crippen LogP contribution in [0.25, 0.3) is 11.0 Å². The van der Waals surface area contributed by atoms with Gasteiger partial charge in [0.2, 0.25) is 11.9 Å². The number of imidazole rings is 1. The summed E-state index contributed by atoms with van der Waals surface area (Å²) in [6, 6.07) is 7.13. The van der Waals surface area contributed by atoms with Crippen molar-refractivity contribution in [1.82, 2.24) is 14.9 Å². The molecule has 7 nitrogen and oxygen atoms in total. The average Bonchev–Trinajstić information content (AvgIpc) is 3.19. The molecule has 1 aliphatic rings. The van der Waals surface area contributed by atoms with Crippen LogP contribution in [0.2, 0.25) is 0 Å². The third-order valence-electron chi connectivity index (χ3n) is 3.84. The fraction of sp³-hybridized carbons (Fsp3) is 0.429. The van der Waals surface area contributed by atoms with Crippen molar-refractivity contribution in [3.63, 3.8) is 0 Å². The minimum absolute atomic E-state index is 0.223. The summed E-state index contributed by atoms with van der Waals surface area (Å²) in [6.45, 7) is 2.97. The highest BCUT2D eigenvalue weighted by Crippen LogP contribution is 2.32. The van der Waals surface area contributed by atoms with E-state index in [4.69, 9.17) is 0 Å². The summed E-state index contributed by atoms with van der Waals surface area (Å²) in [6.07, 6.45) is 0.353. The van der Waals surface area contributed by atoms with Gasteiger partial charge >= 0.3 is 0 Å². The zero-order chi connectivity index (χ0) is 15.0. The molecule has 1 heterocycles. The maximum atomic E-state index is 11.8. The Hall–Kier alpha value is -2.44. The fourth-order valence-electron chi connectivity index (χ4n) is 2.60. The number of para-hydroxylation sites is 2. The summed E-state index contributed by atoms with van der Waals surface area (Å²) in [4.78, 5) is 26.4. The Morgan fingerprint density at radius 2 is 2.29 bits per heavy atom. The van der Waals surface area contributed by atoms with Gasteiger partial charge in [-0.2, -0.15) is 0 Å². The number of carbonyl (C=O) groups excluding carboxylic acids is 1. The molecule has 0 bridgehead atoms. The van der Waals surface area contributed by atoms with Gasteiger partial charge in [0, 0.05) is 24.4 Å². The first kappa shape index (κ1) is 13.5. The molecule has 7 heteroatoms. The Morgan fingerprint density at radius 3 is 3.00 bits per heavy atom. The quantitative estimate of drug-likeness (QED) is 0.659. The van der Waals surface area contributed by atoms with E-state index in [2.05, 4.69) is 10.3 Å². The van der Waals surface area contributed by atoms with Crippen molar-refractivity contribution < 1.29 is 9.72 Å². The zero-order valence-electron chi connectivity index (χ0n) is 11.7. The van der Waals surface area contributed by atoms with E-state index in [9.17, 15) is 14.9 Å². The smallest absolute Gasteiger partial charge is 0.230 e. The molecular weight excluding hydrogens is 272 g/mol. The molecule has 21 heavy (non-hydrogen) atoms. The molecule has 2 aromatic rings. The van der Waals surface area contributed by atoms with E-state index in [1.165, 1.54) is 0 Å². The predicted octanol–water partition coefficient (Wildman–Crippen LogP) is 1.13. The summed E-state index contributed by atoms with van der Waals surface area (Å²) in [5.41, 5.74) is 1.95. The van der Waals surface area contributed by atoms with Gasteiger partial charge in [0.1, 0.15) is 11.7 Å². The third kappa shape index (κ3) is 2.58. The fourth-order valence-corrected chi connectivity index (χ4v) is 2.60. The second-order valence-corrected chi connectivity index (χ2v) is 5.29. The van der Waals surface area contributed by atoms with Gasteiger partial charge in [-0.1, -0.05) is 12.1 Å². The van der Waals surface area contributed by atoms with E-state index < -0.39 is 12.0 Å². The van der Waals surface area contributed by atoms with Crippen LogP contribution in [0, 0.1) is 23.0 Å². The summed E-state index contributed by atoms with van der Waals surface area (Å²) in [7, 11) is 0. The second kappa shape index (κ2) is 5.16. The number of rotatable bonds is 5. The number of nitrogens with zero attached hydrogens (tertiary/aromatic N) is 3. The molecule has 0 aliphatic heterocycles. The molecular formula is C14H16N4O3. The van der Waals surface area contributed by atoms with E-state index in [1.54, 1.807) is 0 Å². The Balaban J connectivity index is 1.59. The molecule has 0 spiro atoms. The number of aryl methyl sites for hydroxylation is 1. The number of nitrogens with one attached hydrogen (secondary N) is 1. The standard InChI is InChI=1S/C14H16N4O3/c1-9-16-11-4-2-3-5-12(11)17(9)7-6-15-14(19)10-8-13(10)18(20)21/h2-5,10,13H,6-8H2,1H3,(H,15,19)/t10-,13+/m0/s1. The number of carbonyl (C=O) groups is 1. The average molecular weight is 288 g/mol. The van der Waals surface area contributed by atoms with Crippen LogP contribution >= 0.6 is 0 Å². The van der Waals surface area contributed by atoms with Gasteiger partial charge in [-0.3, -0.25) is 14.9 Å². The van der Waals surface area contributed by atoms with Crippen molar-refractivity contribution in [3.05, 3.63) is 40.2 Å². The number of hydrogen-bond donors (Lipinski definition) is 1. The van der Waals surface area contributed by atoms with Crippen LogP contribution in [0.4, 0.5) is 0 Å². The molecule has 1 N–H and O–H groups in total. The number of aromatic nitrogens is 2. The maximum absolute atomic E-state index is 11.8. The highest BCUT2D eigenvalue weighted by molar-refractivity contribution is 5.82. The minimum atomic E-state index is -0.694. The number of hydrogen-bond acceptors (Lipinski definition) is 4. The molecule has 110 valence electrons. The number of benzene rings is 1. The first-order valence-electron chi connectivity index (χ1n) is 6.91. The molecule has 1 amide bonds. The van der Waals surface area contributed by atoms with Gasteiger partial charge in [-0.15, -0.1) is 0 Å². The third-order valence-corrected chi connectivity index (χ3v) is 3.84. The summed E-state index contributed by atoms with van der Waals surface area (Å²) < 4.78 is 2.04. The van der Waals surface area contributed by atoms with Crippen molar-refractivity contribution >= 4 is 16.9 Å². The molecule has 0 saturated heterocycles. The molecule has 1 aromatic carbocycles. The van der Waals surface area contributed by atoms with Crippen molar-refractivity contribution in [1.29, 1.82) is 0 Å². The second-order valence-electron chi connectivity index (χ2n) is 5.29. The lowest BCUT2D eigenvalue weighted by Crippen LogP contribution is -2.30. The molecule has 1 aliphatic carbocycles. The van der Waals surface area contributed by atoms with Gasteiger partial charge in [0.25, 0.3) is 0 Å². The lowest BCUT2D eigenvalue weighted by molar-refractivity contribution is -0.497. The summed E-state index contributed by atoms with van der Waals surface area (Å²) >= 11 is 0. The van der Waals surface area contributed by atoms with Crippen molar-refractivity contribution in [2.24, 2.45) is 5.92 Å². The predicted molar refractivity (Wildman–Crippen MR) is 76.4 cm³/mol. The summed E-state index contributed by atoms with van der Waals surface area (Å²) in [5.74, 6) is 0.208. The normalized spacial score (nSPS) is 20.4. The molecule has 0 radical (unpaired) electrons. The van der Waals surface area contributed by atoms with Crippen molar-refractivity contribution in [2.75, 3.05) is 6.54 Å². The molecule has 1 fully saturated rings. The molecule has 1 aromatic heterocycles. The van der Waals surface area contributed by atoms with Crippen LogP contribution < -0.4 is 5.32 Å². The van der Waals surface area contributed by atoms with E-state index in [0.717, 1.165) is 16.9 Å². The van der Waals surface area contributed by atoms with Crippen LogP contribution in [-0.2, 0) is 11.3 Å². The van der Waals surface area contributed by atoms with Crippen LogP contribution in [0.5, 0.6) is 0 Å². The Bertz CT molecular complexity index is 709. The monoisotopic (exact) mass is 288 g/mol. The molecule has 2 atom stereocenters. The highest BCUT2D eigenvalue weighted by Gasteiger charge is 2.53. The number of fused-ring (bicyclic) bond motifs is 1. The van der Waals surface area contributed by atoms with E-state index in [1.807, 2.05) is 35.8 Å². The van der Waals surface area contributed by atoms with Crippen LogP contribution in [-0.4, -0.2) is 33.0 Å². The van der Waals surface area contributed by atoms with Crippen LogP contribution in [0.15, 0.2) is 24.3 Å². The van der Waals surface area contributed by atoms with Crippen LogP contribution in [0.1, 0.15) is 12.2 Å². The van der Waals surface area contributed by atoms with Crippen LogP contribution in [0.3, 0.4) is 0 Å². The Kier molecular flexibility index (Phi) is 3.32. The molecule has 0 unspecified atom stereocenters.